The van der Waals surface area contributed by atoms with Crippen LogP contribution in [0.25, 0.3) is 0 Å². The summed E-state index contributed by atoms with van der Waals surface area (Å²) < 4.78 is 6.02. The van der Waals surface area contributed by atoms with Crippen LogP contribution in [0.2, 0.25) is 0 Å². The van der Waals surface area contributed by atoms with E-state index in [2.05, 4.69) is 49.2 Å². The zero-order valence-electron chi connectivity index (χ0n) is 11.0. The van der Waals surface area contributed by atoms with Gasteiger partial charge in [0, 0.05) is 26.2 Å². The van der Waals surface area contributed by atoms with Crippen LogP contribution in [-0.4, -0.2) is 31.8 Å². The van der Waals surface area contributed by atoms with Crippen LogP contribution < -0.4 is 15.0 Å². The Kier molecular flexibility index (Phi) is 3.57. The summed E-state index contributed by atoms with van der Waals surface area (Å²) in [7, 11) is 0. The molecule has 3 nitrogen and oxygen atoms in total. The number of rotatable bonds is 2. The van der Waals surface area contributed by atoms with Crippen LogP contribution in [0.1, 0.15) is 20.8 Å². The maximum Gasteiger partial charge on any atom is 0.143 e. The molecule has 0 amide bonds. The second-order valence-corrected chi connectivity index (χ2v) is 5.42. The lowest BCUT2D eigenvalue weighted by atomic mass is 10.1. The van der Waals surface area contributed by atoms with Crippen molar-refractivity contribution >= 4 is 5.69 Å². The van der Waals surface area contributed by atoms with E-state index in [-0.39, 0.29) is 5.60 Å². The Morgan fingerprint density at radius 1 is 1.12 bits per heavy atom. The number of benzene rings is 1. The fourth-order valence-corrected chi connectivity index (χ4v) is 2.04. The minimum atomic E-state index is -0.149. The summed E-state index contributed by atoms with van der Waals surface area (Å²) >= 11 is 0. The Hall–Kier alpha value is -1.22. The monoisotopic (exact) mass is 234 g/mol. The Balaban J connectivity index is 2.20. The van der Waals surface area contributed by atoms with Crippen LogP contribution in [0, 0.1) is 0 Å². The van der Waals surface area contributed by atoms with Gasteiger partial charge in [-0.3, -0.25) is 0 Å². The molecule has 1 aromatic rings. The zero-order chi connectivity index (χ0) is 12.3. The smallest absolute Gasteiger partial charge is 0.143 e. The SMILES string of the molecule is CC(C)(C)Oc1ccccc1N1CCNCC1. The van der Waals surface area contributed by atoms with Crippen LogP contribution in [0.5, 0.6) is 5.75 Å². The van der Waals surface area contributed by atoms with Crippen LogP contribution in [0.15, 0.2) is 24.3 Å². The van der Waals surface area contributed by atoms with Crippen molar-refractivity contribution in [2.45, 2.75) is 26.4 Å². The van der Waals surface area contributed by atoms with E-state index in [1.165, 1.54) is 5.69 Å². The highest BCUT2D eigenvalue weighted by atomic mass is 16.5. The highest BCUT2D eigenvalue weighted by Gasteiger charge is 2.18. The molecule has 0 spiro atoms. The molecule has 0 atom stereocenters. The van der Waals surface area contributed by atoms with Gasteiger partial charge in [-0.25, -0.2) is 0 Å². The Morgan fingerprint density at radius 2 is 1.76 bits per heavy atom. The third-order valence-corrected chi connectivity index (χ3v) is 2.74. The average molecular weight is 234 g/mol. The van der Waals surface area contributed by atoms with Gasteiger partial charge in [0.05, 0.1) is 5.69 Å². The largest absolute Gasteiger partial charge is 0.486 e. The minimum absolute atomic E-state index is 0.149. The first-order valence-corrected chi connectivity index (χ1v) is 6.30. The van der Waals surface area contributed by atoms with Gasteiger partial charge in [0.15, 0.2) is 0 Å². The molecular weight excluding hydrogens is 212 g/mol. The van der Waals surface area contributed by atoms with E-state index < -0.39 is 0 Å². The van der Waals surface area contributed by atoms with E-state index in [9.17, 15) is 0 Å². The van der Waals surface area contributed by atoms with Crippen molar-refractivity contribution in [3.05, 3.63) is 24.3 Å². The van der Waals surface area contributed by atoms with E-state index in [4.69, 9.17) is 4.74 Å². The Morgan fingerprint density at radius 3 is 2.41 bits per heavy atom. The van der Waals surface area contributed by atoms with Crippen LogP contribution in [0.4, 0.5) is 5.69 Å². The molecule has 1 fully saturated rings. The van der Waals surface area contributed by atoms with Crippen molar-refractivity contribution in [1.82, 2.24) is 5.32 Å². The van der Waals surface area contributed by atoms with Crippen molar-refractivity contribution in [3.8, 4) is 5.75 Å². The molecule has 1 aliphatic rings. The average Bonchev–Trinajstić information content (AvgIpc) is 2.29. The van der Waals surface area contributed by atoms with E-state index in [0.29, 0.717) is 0 Å². The molecule has 0 saturated carbocycles. The first kappa shape index (κ1) is 12.2. The van der Waals surface area contributed by atoms with Gasteiger partial charge in [0.25, 0.3) is 0 Å². The van der Waals surface area contributed by atoms with Crippen molar-refractivity contribution in [1.29, 1.82) is 0 Å². The van der Waals surface area contributed by atoms with Gasteiger partial charge in [-0.1, -0.05) is 12.1 Å². The summed E-state index contributed by atoms with van der Waals surface area (Å²) in [6.45, 7) is 10.4. The standard InChI is InChI=1S/C14H22N2O/c1-14(2,3)17-13-7-5-4-6-12(13)16-10-8-15-9-11-16/h4-7,15H,8-11H2,1-3H3. The number of nitrogens with one attached hydrogen (secondary N) is 1. The van der Waals surface area contributed by atoms with Gasteiger partial charge in [0.1, 0.15) is 11.4 Å². The van der Waals surface area contributed by atoms with E-state index in [0.717, 1.165) is 31.9 Å². The molecule has 1 heterocycles. The van der Waals surface area contributed by atoms with Crippen LogP contribution >= 0.6 is 0 Å². The molecule has 2 rings (SSSR count). The first-order valence-electron chi connectivity index (χ1n) is 6.30. The number of nitrogens with zero attached hydrogens (tertiary/aromatic N) is 1. The molecule has 0 unspecified atom stereocenters. The summed E-state index contributed by atoms with van der Waals surface area (Å²) in [5.41, 5.74) is 1.06. The zero-order valence-corrected chi connectivity index (χ0v) is 11.0. The fourth-order valence-electron chi connectivity index (χ4n) is 2.04. The van der Waals surface area contributed by atoms with Crippen molar-refractivity contribution in [2.24, 2.45) is 0 Å². The summed E-state index contributed by atoms with van der Waals surface area (Å²) in [5.74, 6) is 0.988. The molecule has 17 heavy (non-hydrogen) atoms. The van der Waals surface area contributed by atoms with Gasteiger partial charge < -0.3 is 15.0 Å². The second kappa shape index (κ2) is 4.96. The number of anilines is 1. The molecule has 0 radical (unpaired) electrons. The molecule has 0 aromatic heterocycles. The number of piperazine rings is 1. The summed E-state index contributed by atoms with van der Waals surface area (Å²) in [4.78, 5) is 2.39. The normalized spacial score (nSPS) is 17.0. The Labute approximate surface area is 104 Å². The predicted octanol–water partition coefficient (Wildman–Crippen LogP) is 2.27. The summed E-state index contributed by atoms with van der Waals surface area (Å²) in [5, 5.41) is 3.37. The lowest BCUT2D eigenvalue weighted by Gasteiger charge is -2.32. The molecule has 94 valence electrons. The highest BCUT2D eigenvalue weighted by molar-refractivity contribution is 5.58. The molecule has 1 N–H and O–H groups in total. The lowest BCUT2D eigenvalue weighted by molar-refractivity contribution is 0.131. The number of para-hydroxylation sites is 2. The topological polar surface area (TPSA) is 24.5 Å². The van der Waals surface area contributed by atoms with Gasteiger partial charge >= 0.3 is 0 Å². The van der Waals surface area contributed by atoms with Gasteiger partial charge in [-0.2, -0.15) is 0 Å². The molecular formula is C14H22N2O. The lowest BCUT2D eigenvalue weighted by Crippen LogP contribution is -2.43. The molecule has 1 saturated heterocycles. The fraction of sp³-hybridized carbons (Fsp3) is 0.571. The highest BCUT2D eigenvalue weighted by Crippen LogP contribution is 2.30. The first-order chi connectivity index (χ1) is 8.06. The second-order valence-electron chi connectivity index (χ2n) is 5.42. The van der Waals surface area contributed by atoms with Crippen LogP contribution in [-0.2, 0) is 0 Å². The number of hydrogen-bond donors (Lipinski definition) is 1. The summed E-state index contributed by atoms with van der Waals surface area (Å²) in [6.07, 6.45) is 0. The number of ether oxygens (including phenoxy) is 1. The third kappa shape index (κ3) is 3.37. The molecule has 3 heteroatoms. The molecule has 1 aliphatic heterocycles. The van der Waals surface area contributed by atoms with Gasteiger partial charge in [-0.05, 0) is 32.9 Å². The van der Waals surface area contributed by atoms with E-state index >= 15 is 0 Å². The maximum atomic E-state index is 6.02. The molecule has 0 bridgehead atoms. The number of hydrogen-bond acceptors (Lipinski definition) is 3. The Bertz CT molecular complexity index is 365. The van der Waals surface area contributed by atoms with Crippen molar-refractivity contribution in [2.75, 3.05) is 31.1 Å². The van der Waals surface area contributed by atoms with Crippen LogP contribution in [0.3, 0.4) is 0 Å². The summed E-state index contributed by atoms with van der Waals surface area (Å²) in [6, 6.07) is 8.31. The van der Waals surface area contributed by atoms with Crippen molar-refractivity contribution < 1.29 is 4.74 Å². The quantitative estimate of drug-likeness (QED) is 0.849. The maximum absolute atomic E-state index is 6.02. The molecule has 1 aromatic carbocycles. The van der Waals surface area contributed by atoms with E-state index in [1.807, 2.05) is 6.07 Å². The molecule has 0 aliphatic carbocycles. The predicted molar refractivity (Wildman–Crippen MR) is 71.9 cm³/mol. The van der Waals surface area contributed by atoms with Crippen molar-refractivity contribution in [3.63, 3.8) is 0 Å². The third-order valence-electron chi connectivity index (χ3n) is 2.74. The van der Waals surface area contributed by atoms with E-state index in [1.54, 1.807) is 0 Å². The van der Waals surface area contributed by atoms with Gasteiger partial charge in [-0.15, -0.1) is 0 Å². The van der Waals surface area contributed by atoms with Gasteiger partial charge in [0.2, 0.25) is 0 Å². The minimum Gasteiger partial charge on any atom is -0.486 e.